The standard InChI is InChI=1S/C5H11N3O/c1-3-5(4-9)7-8(2)6/h3,9H,1,4,6H2,2H3/b7-5+. The van der Waals surface area contributed by atoms with Crippen molar-refractivity contribution in [3.05, 3.63) is 12.7 Å². The molecule has 0 unspecified atom stereocenters. The summed E-state index contributed by atoms with van der Waals surface area (Å²) in [5.74, 6) is 5.13. The molecule has 0 aromatic heterocycles. The van der Waals surface area contributed by atoms with Gasteiger partial charge >= 0.3 is 0 Å². The molecule has 0 fully saturated rings. The Morgan fingerprint density at radius 2 is 2.56 bits per heavy atom. The second-order valence-corrected chi connectivity index (χ2v) is 1.53. The van der Waals surface area contributed by atoms with E-state index in [1.807, 2.05) is 0 Å². The number of nitrogens with zero attached hydrogens (tertiary/aromatic N) is 2. The minimum absolute atomic E-state index is 0.134. The first-order chi connectivity index (χ1) is 4.20. The predicted octanol–water partition coefficient (Wildman–Crippen LogP) is -0.674. The second kappa shape index (κ2) is 4.05. The van der Waals surface area contributed by atoms with Crippen molar-refractivity contribution in [1.29, 1.82) is 0 Å². The molecule has 0 aromatic carbocycles. The average Bonchev–Trinajstić information content (AvgIpc) is 1.82. The Morgan fingerprint density at radius 1 is 2.00 bits per heavy atom. The number of nitrogens with two attached hydrogens (primary N) is 1. The fourth-order valence-electron chi connectivity index (χ4n) is 0.340. The van der Waals surface area contributed by atoms with E-state index < -0.39 is 0 Å². The molecule has 0 heterocycles. The molecule has 0 radical (unpaired) electrons. The van der Waals surface area contributed by atoms with E-state index >= 15 is 0 Å². The second-order valence-electron chi connectivity index (χ2n) is 1.53. The topological polar surface area (TPSA) is 61.9 Å². The van der Waals surface area contributed by atoms with E-state index in [1.54, 1.807) is 7.05 Å². The molecule has 0 aliphatic rings. The van der Waals surface area contributed by atoms with Crippen molar-refractivity contribution in [3.8, 4) is 0 Å². The van der Waals surface area contributed by atoms with Crippen LogP contribution in [0.4, 0.5) is 0 Å². The molecule has 4 nitrogen and oxygen atoms in total. The number of hydrazone groups is 1. The van der Waals surface area contributed by atoms with E-state index in [0.29, 0.717) is 5.71 Å². The Hall–Kier alpha value is -0.870. The summed E-state index contributed by atoms with van der Waals surface area (Å²) in [5, 5.41) is 13.3. The Balaban J connectivity index is 3.90. The maximum Gasteiger partial charge on any atom is 0.0871 e. The lowest BCUT2D eigenvalue weighted by molar-refractivity contribution is 0.338. The summed E-state index contributed by atoms with van der Waals surface area (Å²) in [4.78, 5) is 0. The van der Waals surface area contributed by atoms with Crippen LogP contribution in [0.5, 0.6) is 0 Å². The number of aliphatic hydroxyl groups is 1. The van der Waals surface area contributed by atoms with Crippen molar-refractivity contribution in [1.82, 2.24) is 5.12 Å². The number of hydrogen-bond donors (Lipinski definition) is 2. The fourth-order valence-corrected chi connectivity index (χ4v) is 0.340. The van der Waals surface area contributed by atoms with Gasteiger partial charge in [-0.3, -0.25) is 0 Å². The van der Waals surface area contributed by atoms with Crippen molar-refractivity contribution >= 4 is 5.71 Å². The highest BCUT2D eigenvalue weighted by Gasteiger charge is 1.88. The first-order valence-corrected chi connectivity index (χ1v) is 2.50. The number of hydrogen-bond acceptors (Lipinski definition) is 4. The molecule has 0 rings (SSSR count). The molecule has 52 valence electrons. The van der Waals surface area contributed by atoms with Crippen molar-refractivity contribution in [2.75, 3.05) is 13.7 Å². The van der Waals surface area contributed by atoms with Gasteiger partial charge in [0.1, 0.15) is 0 Å². The fraction of sp³-hybridized carbons (Fsp3) is 0.400. The zero-order valence-corrected chi connectivity index (χ0v) is 5.41. The molecule has 0 bridgehead atoms. The van der Waals surface area contributed by atoms with Crippen LogP contribution in [0.15, 0.2) is 17.8 Å². The Labute approximate surface area is 54.2 Å². The Kier molecular flexibility index (Phi) is 3.66. The molecule has 0 aliphatic carbocycles. The molecule has 9 heavy (non-hydrogen) atoms. The monoisotopic (exact) mass is 129 g/mol. The van der Waals surface area contributed by atoms with Gasteiger partial charge in [0, 0.05) is 7.05 Å². The van der Waals surface area contributed by atoms with Crippen LogP contribution in [0.3, 0.4) is 0 Å². The third-order valence-corrected chi connectivity index (χ3v) is 0.684. The van der Waals surface area contributed by atoms with E-state index in [4.69, 9.17) is 10.9 Å². The number of hydrazine groups is 1. The zero-order valence-electron chi connectivity index (χ0n) is 5.41. The van der Waals surface area contributed by atoms with E-state index in [2.05, 4.69) is 11.7 Å². The van der Waals surface area contributed by atoms with Crippen LogP contribution >= 0.6 is 0 Å². The van der Waals surface area contributed by atoms with Crippen LogP contribution in [0, 0.1) is 0 Å². The van der Waals surface area contributed by atoms with Crippen LogP contribution < -0.4 is 5.84 Å². The summed E-state index contributed by atoms with van der Waals surface area (Å²) >= 11 is 0. The van der Waals surface area contributed by atoms with E-state index in [-0.39, 0.29) is 6.61 Å². The van der Waals surface area contributed by atoms with Gasteiger partial charge in [0.25, 0.3) is 0 Å². The van der Waals surface area contributed by atoms with Crippen LogP contribution in [-0.2, 0) is 0 Å². The molecular weight excluding hydrogens is 118 g/mol. The maximum absolute atomic E-state index is 8.49. The Morgan fingerprint density at radius 3 is 2.67 bits per heavy atom. The van der Waals surface area contributed by atoms with Gasteiger partial charge in [-0.2, -0.15) is 5.10 Å². The van der Waals surface area contributed by atoms with Crippen molar-refractivity contribution in [2.45, 2.75) is 0 Å². The molecule has 0 atom stereocenters. The minimum Gasteiger partial charge on any atom is -0.390 e. The number of rotatable bonds is 3. The van der Waals surface area contributed by atoms with Gasteiger partial charge in [0.05, 0.1) is 12.3 Å². The summed E-state index contributed by atoms with van der Waals surface area (Å²) in [6, 6.07) is 0. The molecular formula is C5H11N3O. The van der Waals surface area contributed by atoms with Crippen molar-refractivity contribution < 1.29 is 5.11 Å². The number of aliphatic hydroxyl groups excluding tert-OH is 1. The summed E-state index contributed by atoms with van der Waals surface area (Å²) in [7, 11) is 1.57. The van der Waals surface area contributed by atoms with Gasteiger partial charge in [-0.05, 0) is 6.08 Å². The highest BCUT2D eigenvalue weighted by Crippen LogP contribution is 1.78. The lowest BCUT2D eigenvalue weighted by atomic mass is 10.4. The first kappa shape index (κ1) is 8.13. The quantitative estimate of drug-likeness (QED) is 0.302. The van der Waals surface area contributed by atoms with Crippen molar-refractivity contribution in [2.24, 2.45) is 10.9 Å². The highest BCUT2D eigenvalue weighted by atomic mass is 16.3. The van der Waals surface area contributed by atoms with Gasteiger partial charge in [0.15, 0.2) is 0 Å². The molecule has 0 amide bonds. The summed E-state index contributed by atoms with van der Waals surface area (Å²) < 4.78 is 0. The third kappa shape index (κ3) is 3.69. The van der Waals surface area contributed by atoms with Crippen LogP contribution in [-0.4, -0.2) is 29.6 Å². The lowest BCUT2D eigenvalue weighted by Gasteiger charge is -2.03. The maximum atomic E-state index is 8.49. The molecule has 0 aromatic rings. The zero-order chi connectivity index (χ0) is 7.28. The van der Waals surface area contributed by atoms with Crippen LogP contribution in [0.1, 0.15) is 0 Å². The summed E-state index contributed by atoms with van der Waals surface area (Å²) in [6.45, 7) is 3.28. The third-order valence-electron chi connectivity index (χ3n) is 0.684. The van der Waals surface area contributed by atoms with E-state index in [9.17, 15) is 0 Å². The van der Waals surface area contributed by atoms with E-state index in [0.717, 1.165) is 5.12 Å². The largest absolute Gasteiger partial charge is 0.390 e. The van der Waals surface area contributed by atoms with Gasteiger partial charge in [-0.1, -0.05) is 6.58 Å². The highest BCUT2D eigenvalue weighted by molar-refractivity contribution is 5.95. The van der Waals surface area contributed by atoms with Gasteiger partial charge in [0.2, 0.25) is 0 Å². The predicted molar refractivity (Wildman–Crippen MR) is 36.7 cm³/mol. The van der Waals surface area contributed by atoms with Crippen LogP contribution in [0.25, 0.3) is 0 Å². The molecule has 0 spiro atoms. The summed E-state index contributed by atoms with van der Waals surface area (Å²) in [5.41, 5.74) is 0.458. The van der Waals surface area contributed by atoms with Gasteiger partial charge in [-0.15, -0.1) is 0 Å². The molecule has 0 aliphatic heterocycles. The SMILES string of the molecule is C=C/C(CO)=N\N(C)N. The lowest BCUT2D eigenvalue weighted by Crippen LogP contribution is -2.21. The molecule has 4 heteroatoms. The Bertz CT molecular complexity index is 119. The molecule has 3 N–H and O–H groups in total. The smallest absolute Gasteiger partial charge is 0.0871 e. The van der Waals surface area contributed by atoms with Crippen LogP contribution in [0.2, 0.25) is 0 Å². The van der Waals surface area contributed by atoms with Gasteiger partial charge in [-0.25, -0.2) is 11.0 Å². The molecule has 0 saturated heterocycles. The minimum atomic E-state index is -0.134. The normalized spacial score (nSPS) is 11.2. The van der Waals surface area contributed by atoms with Crippen molar-refractivity contribution in [3.63, 3.8) is 0 Å². The molecule has 0 saturated carbocycles. The van der Waals surface area contributed by atoms with Gasteiger partial charge < -0.3 is 5.11 Å². The van der Waals surface area contributed by atoms with E-state index in [1.165, 1.54) is 6.08 Å². The first-order valence-electron chi connectivity index (χ1n) is 2.50. The summed E-state index contributed by atoms with van der Waals surface area (Å²) in [6.07, 6.45) is 1.45. The average molecular weight is 129 g/mol.